The van der Waals surface area contributed by atoms with Crippen LogP contribution in [0.25, 0.3) is 0 Å². The summed E-state index contributed by atoms with van der Waals surface area (Å²) in [5.74, 6) is 1.07. The summed E-state index contributed by atoms with van der Waals surface area (Å²) >= 11 is 12.2. The van der Waals surface area contributed by atoms with Crippen LogP contribution in [-0.2, 0) is 0 Å². The van der Waals surface area contributed by atoms with Crippen molar-refractivity contribution >= 4 is 40.7 Å². The fourth-order valence-corrected chi connectivity index (χ4v) is 1.79. The summed E-state index contributed by atoms with van der Waals surface area (Å²) in [4.78, 5) is 8.44. The normalized spacial score (nSPS) is 10.3. The highest BCUT2D eigenvalue weighted by atomic mass is 35.5. The zero-order valence-corrected chi connectivity index (χ0v) is 12.0. The molecule has 100 valence electrons. The van der Waals surface area contributed by atoms with E-state index in [9.17, 15) is 0 Å². The lowest BCUT2D eigenvalue weighted by Crippen LogP contribution is -2.06. The molecule has 0 amide bonds. The Labute approximate surface area is 122 Å². The average Bonchev–Trinajstić information content (AvgIpc) is 2.42. The third-order valence-corrected chi connectivity index (χ3v) is 3.01. The molecule has 0 spiro atoms. The van der Waals surface area contributed by atoms with Crippen molar-refractivity contribution in [2.45, 2.75) is 13.3 Å². The summed E-state index contributed by atoms with van der Waals surface area (Å²) < 4.78 is 0. The molecule has 0 atom stereocenters. The highest BCUT2D eigenvalue weighted by molar-refractivity contribution is 6.34. The van der Waals surface area contributed by atoms with Crippen LogP contribution in [0.2, 0.25) is 10.0 Å². The number of anilines is 3. The number of nitrogens with one attached hydrogen (secondary N) is 2. The van der Waals surface area contributed by atoms with Crippen molar-refractivity contribution in [3.05, 3.63) is 40.5 Å². The highest BCUT2D eigenvalue weighted by Gasteiger charge is 2.07. The van der Waals surface area contributed by atoms with Crippen molar-refractivity contribution in [2.75, 3.05) is 17.2 Å². The van der Waals surface area contributed by atoms with Crippen molar-refractivity contribution in [3.8, 4) is 0 Å². The molecule has 2 N–H and O–H groups in total. The molecule has 1 heterocycles. The first-order valence-corrected chi connectivity index (χ1v) is 6.74. The Bertz CT molecular complexity index is 560. The molecule has 0 aliphatic carbocycles. The van der Waals surface area contributed by atoms with Gasteiger partial charge in [-0.3, -0.25) is 0 Å². The largest absolute Gasteiger partial charge is 0.354 e. The van der Waals surface area contributed by atoms with Crippen molar-refractivity contribution < 1.29 is 0 Å². The lowest BCUT2D eigenvalue weighted by Gasteiger charge is -2.10. The Balaban J connectivity index is 2.21. The number of aromatic nitrogens is 2. The molecule has 19 heavy (non-hydrogen) atoms. The Morgan fingerprint density at radius 1 is 1.16 bits per heavy atom. The molecule has 0 saturated heterocycles. The van der Waals surface area contributed by atoms with Gasteiger partial charge in [0.2, 0.25) is 5.95 Å². The zero-order valence-electron chi connectivity index (χ0n) is 10.5. The van der Waals surface area contributed by atoms with Gasteiger partial charge in [-0.2, -0.15) is 4.98 Å². The molecule has 1 aromatic heterocycles. The van der Waals surface area contributed by atoms with E-state index in [1.165, 1.54) is 0 Å². The predicted molar refractivity (Wildman–Crippen MR) is 80.6 cm³/mol. The van der Waals surface area contributed by atoms with Gasteiger partial charge >= 0.3 is 0 Å². The molecule has 2 rings (SSSR count). The van der Waals surface area contributed by atoms with Gasteiger partial charge in [-0.1, -0.05) is 42.3 Å². The van der Waals surface area contributed by atoms with Gasteiger partial charge in [-0.05, 0) is 18.6 Å². The minimum Gasteiger partial charge on any atom is -0.354 e. The smallest absolute Gasteiger partial charge is 0.224 e. The molecule has 0 radical (unpaired) electrons. The lowest BCUT2D eigenvalue weighted by molar-refractivity contribution is 0.953. The highest BCUT2D eigenvalue weighted by Crippen LogP contribution is 2.28. The van der Waals surface area contributed by atoms with Gasteiger partial charge in [0.25, 0.3) is 0 Å². The molecule has 1 aromatic carbocycles. The van der Waals surface area contributed by atoms with Crippen LogP contribution in [0.4, 0.5) is 17.5 Å². The van der Waals surface area contributed by atoms with Gasteiger partial charge in [0, 0.05) is 6.54 Å². The summed E-state index contributed by atoms with van der Waals surface area (Å²) in [7, 11) is 0. The van der Waals surface area contributed by atoms with E-state index in [-0.39, 0.29) is 0 Å². The SMILES string of the molecule is CCCNc1ncc(Cl)c(Nc2ccccc2Cl)n1. The maximum atomic E-state index is 6.09. The van der Waals surface area contributed by atoms with Crippen LogP contribution in [0.3, 0.4) is 0 Å². The van der Waals surface area contributed by atoms with Crippen molar-refractivity contribution in [2.24, 2.45) is 0 Å². The first-order chi connectivity index (χ1) is 9.20. The molecule has 0 bridgehead atoms. The van der Waals surface area contributed by atoms with Crippen LogP contribution in [0.15, 0.2) is 30.5 Å². The van der Waals surface area contributed by atoms with Gasteiger partial charge in [-0.25, -0.2) is 4.98 Å². The number of hydrogen-bond acceptors (Lipinski definition) is 4. The van der Waals surface area contributed by atoms with Gasteiger partial charge < -0.3 is 10.6 Å². The predicted octanol–water partition coefficient (Wildman–Crippen LogP) is 4.35. The number of para-hydroxylation sites is 1. The summed E-state index contributed by atoms with van der Waals surface area (Å²) in [5.41, 5.74) is 0.756. The van der Waals surface area contributed by atoms with Crippen molar-refractivity contribution in [3.63, 3.8) is 0 Å². The monoisotopic (exact) mass is 296 g/mol. The third kappa shape index (κ3) is 3.72. The maximum Gasteiger partial charge on any atom is 0.224 e. The Hall–Kier alpha value is -1.52. The second-order valence-corrected chi connectivity index (χ2v) is 4.74. The molecule has 0 aliphatic rings. The van der Waals surface area contributed by atoms with E-state index < -0.39 is 0 Å². The number of nitrogens with zero attached hydrogens (tertiary/aromatic N) is 2. The molecule has 0 saturated carbocycles. The first-order valence-electron chi connectivity index (χ1n) is 5.98. The maximum absolute atomic E-state index is 6.09. The van der Waals surface area contributed by atoms with E-state index in [1.54, 1.807) is 12.3 Å². The van der Waals surface area contributed by atoms with E-state index in [0.29, 0.717) is 21.8 Å². The van der Waals surface area contributed by atoms with E-state index in [1.807, 2.05) is 18.2 Å². The molecular formula is C13H14Cl2N4. The fourth-order valence-electron chi connectivity index (χ4n) is 1.47. The summed E-state index contributed by atoms with van der Waals surface area (Å²) in [5, 5.41) is 7.27. The first kappa shape index (κ1) is 13.9. The van der Waals surface area contributed by atoms with E-state index in [0.717, 1.165) is 18.7 Å². The minimum absolute atomic E-state index is 0.446. The third-order valence-electron chi connectivity index (χ3n) is 2.40. The van der Waals surface area contributed by atoms with Gasteiger partial charge in [0.05, 0.1) is 16.9 Å². The average molecular weight is 297 g/mol. The van der Waals surface area contributed by atoms with Crippen LogP contribution in [0, 0.1) is 0 Å². The second kappa shape index (κ2) is 6.59. The molecule has 0 fully saturated rings. The van der Waals surface area contributed by atoms with Gasteiger partial charge in [0.15, 0.2) is 5.82 Å². The molecule has 2 aromatic rings. The minimum atomic E-state index is 0.446. The molecule has 0 unspecified atom stereocenters. The van der Waals surface area contributed by atoms with Crippen LogP contribution >= 0.6 is 23.2 Å². The van der Waals surface area contributed by atoms with Crippen molar-refractivity contribution in [1.82, 2.24) is 9.97 Å². The van der Waals surface area contributed by atoms with Gasteiger partial charge in [0.1, 0.15) is 5.02 Å². The summed E-state index contributed by atoms with van der Waals surface area (Å²) in [6.45, 7) is 2.89. The van der Waals surface area contributed by atoms with E-state index in [4.69, 9.17) is 23.2 Å². The number of hydrogen-bond donors (Lipinski definition) is 2. The fraction of sp³-hybridized carbons (Fsp3) is 0.231. The molecule has 0 aliphatic heterocycles. The molecule has 4 nitrogen and oxygen atoms in total. The zero-order chi connectivity index (χ0) is 13.7. The van der Waals surface area contributed by atoms with Crippen LogP contribution in [0.5, 0.6) is 0 Å². The van der Waals surface area contributed by atoms with Gasteiger partial charge in [-0.15, -0.1) is 0 Å². The number of halogens is 2. The Morgan fingerprint density at radius 3 is 2.68 bits per heavy atom. The molecular weight excluding hydrogens is 283 g/mol. The summed E-state index contributed by atoms with van der Waals surface area (Å²) in [6.07, 6.45) is 2.56. The van der Waals surface area contributed by atoms with E-state index in [2.05, 4.69) is 27.5 Å². The van der Waals surface area contributed by atoms with Crippen LogP contribution in [0.1, 0.15) is 13.3 Å². The number of rotatable bonds is 5. The Kier molecular flexibility index (Phi) is 4.82. The van der Waals surface area contributed by atoms with Crippen LogP contribution in [-0.4, -0.2) is 16.5 Å². The standard InChI is InChI=1S/C13H14Cl2N4/c1-2-7-16-13-17-8-10(15)12(19-13)18-11-6-4-3-5-9(11)14/h3-6,8H,2,7H2,1H3,(H2,16,17,18,19). The summed E-state index contributed by atoms with van der Waals surface area (Å²) in [6, 6.07) is 7.41. The lowest BCUT2D eigenvalue weighted by atomic mass is 10.3. The van der Waals surface area contributed by atoms with E-state index >= 15 is 0 Å². The second-order valence-electron chi connectivity index (χ2n) is 3.92. The van der Waals surface area contributed by atoms with Crippen LogP contribution < -0.4 is 10.6 Å². The Morgan fingerprint density at radius 2 is 1.95 bits per heavy atom. The topological polar surface area (TPSA) is 49.8 Å². The quantitative estimate of drug-likeness (QED) is 0.861. The molecule has 6 heteroatoms. The number of benzene rings is 1. The van der Waals surface area contributed by atoms with Crippen molar-refractivity contribution in [1.29, 1.82) is 0 Å².